The van der Waals surface area contributed by atoms with Crippen molar-refractivity contribution in [3.8, 4) is 0 Å². The van der Waals surface area contributed by atoms with Crippen LogP contribution in [-0.2, 0) is 19.1 Å². The fraction of sp³-hybridized carbons (Fsp3) is 0.375. The second-order valence-corrected chi connectivity index (χ2v) is 6.13. The van der Waals surface area contributed by atoms with E-state index in [1.807, 2.05) is 0 Å². The second kappa shape index (κ2) is 10.3. The molecule has 9 heteroatoms. The molecular formula is C16H19NO7S. The van der Waals surface area contributed by atoms with Gasteiger partial charge in [-0.2, -0.15) is 0 Å². The van der Waals surface area contributed by atoms with Crippen LogP contribution in [0.15, 0.2) is 30.3 Å². The lowest BCUT2D eigenvalue weighted by Gasteiger charge is -2.14. The van der Waals surface area contributed by atoms with E-state index in [2.05, 4.69) is 14.8 Å². The maximum Gasteiger partial charge on any atom is 0.370 e. The van der Waals surface area contributed by atoms with E-state index in [0.29, 0.717) is 17.3 Å². The molecule has 0 saturated carbocycles. The Hall–Kier alpha value is -2.55. The number of thioether (sulfide) groups is 1. The smallest absolute Gasteiger partial charge is 0.370 e. The van der Waals surface area contributed by atoms with Crippen molar-refractivity contribution in [3.05, 3.63) is 35.9 Å². The number of esters is 1. The van der Waals surface area contributed by atoms with E-state index < -0.39 is 36.0 Å². The van der Waals surface area contributed by atoms with Crippen LogP contribution >= 0.6 is 11.8 Å². The van der Waals surface area contributed by atoms with Crippen molar-refractivity contribution in [1.82, 2.24) is 5.32 Å². The van der Waals surface area contributed by atoms with Gasteiger partial charge in [0.25, 0.3) is 5.91 Å². The number of carboxylic acids is 1. The number of benzene rings is 1. The summed E-state index contributed by atoms with van der Waals surface area (Å²) in [4.78, 5) is 45.9. The van der Waals surface area contributed by atoms with Gasteiger partial charge in [0.15, 0.2) is 0 Å². The Morgan fingerprint density at radius 2 is 1.76 bits per heavy atom. The first-order valence-corrected chi connectivity index (χ1v) is 8.34. The predicted molar refractivity (Wildman–Crippen MR) is 90.1 cm³/mol. The fourth-order valence-corrected chi connectivity index (χ4v) is 2.16. The van der Waals surface area contributed by atoms with Crippen molar-refractivity contribution < 1.29 is 33.8 Å². The molecule has 0 aliphatic carbocycles. The van der Waals surface area contributed by atoms with Gasteiger partial charge in [-0.3, -0.25) is 9.59 Å². The summed E-state index contributed by atoms with van der Waals surface area (Å²) in [6.45, 7) is 2.72. The molecule has 0 saturated heterocycles. The zero-order valence-electron chi connectivity index (χ0n) is 13.8. The van der Waals surface area contributed by atoms with Crippen molar-refractivity contribution >= 4 is 34.9 Å². The highest BCUT2D eigenvalue weighted by Gasteiger charge is 2.22. The quantitative estimate of drug-likeness (QED) is 0.527. The third kappa shape index (κ3) is 7.71. The molecule has 1 aromatic rings. The lowest BCUT2D eigenvalue weighted by molar-refractivity contribution is -0.155. The number of nitrogens with one attached hydrogen (secondary N) is 1. The van der Waals surface area contributed by atoms with Crippen LogP contribution in [-0.4, -0.2) is 46.8 Å². The minimum Gasteiger partial charge on any atom is -0.480 e. The summed E-state index contributed by atoms with van der Waals surface area (Å²) in [6.07, 6.45) is 0. The maximum absolute atomic E-state index is 12.0. The summed E-state index contributed by atoms with van der Waals surface area (Å²) in [5, 5.41) is 10.7. The number of carboxylic acid groups (broad SMARTS) is 1. The molecule has 0 unspecified atom stereocenters. The molecule has 0 radical (unpaired) electrons. The van der Waals surface area contributed by atoms with Crippen LogP contribution in [0, 0.1) is 5.92 Å². The van der Waals surface area contributed by atoms with Crippen LogP contribution in [0.3, 0.4) is 0 Å². The lowest BCUT2D eigenvalue weighted by Crippen LogP contribution is -2.42. The Morgan fingerprint density at radius 1 is 1.12 bits per heavy atom. The number of ether oxygens (including phenoxy) is 2. The highest BCUT2D eigenvalue weighted by atomic mass is 32.2. The zero-order chi connectivity index (χ0) is 18.8. The topological polar surface area (TPSA) is 119 Å². The number of hydrogen-bond donors (Lipinski definition) is 2. The first kappa shape index (κ1) is 20.5. The molecule has 0 fully saturated rings. The Kier molecular flexibility index (Phi) is 8.48. The van der Waals surface area contributed by atoms with E-state index in [-0.39, 0.29) is 11.7 Å². The number of aliphatic carboxylic acids is 1. The van der Waals surface area contributed by atoms with Gasteiger partial charge in [-0.1, -0.05) is 32.0 Å². The number of hydrogen-bond acceptors (Lipinski definition) is 7. The van der Waals surface area contributed by atoms with Crippen LogP contribution in [0.1, 0.15) is 24.2 Å². The van der Waals surface area contributed by atoms with Gasteiger partial charge in [0.1, 0.15) is 6.04 Å². The average Bonchev–Trinajstić information content (AvgIpc) is 2.58. The van der Waals surface area contributed by atoms with Crippen molar-refractivity contribution in [2.75, 3.05) is 12.5 Å². The van der Waals surface area contributed by atoms with E-state index in [1.54, 1.807) is 44.2 Å². The normalized spacial score (nSPS) is 11.5. The van der Waals surface area contributed by atoms with Crippen LogP contribution in [0.4, 0.5) is 4.79 Å². The summed E-state index contributed by atoms with van der Waals surface area (Å²) in [6, 6.07) is 6.83. The Morgan fingerprint density at radius 3 is 2.32 bits per heavy atom. The summed E-state index contributed by atoms with van der Waals surface area (Å²) in [7, 11) is 0. The molecule has 0 heterocycles. The molecular weight excluding hydrogens is 350 g/mol. The molecule has 1 atom stereocenters. The third-order valence-corrected chi connectivity index (χ3v) is 3.71. The van der Waals surface area contributed by atoms with Gasteiger partial charge in [-0.25, -0.2) is 9.59 Å². The van der Waals surface area contributed by atoms with Gasteiger partial charge in [0.2, 0.25) is 6.79 Å². The zero-order valence-corrected chi connectivity index (χ0v) is 14.6. The van der Waals surface area contributed by atoms with Crippen molar-refractivity contribution in [2.45, 2.75) is 19.9 Å². The second-order valence-electron chi connectivity index (χ2n) is 5.17. The average molecular weight is 369 g/mol. The largest absolute Gasteiger partial charge is 0.480 e. The van der Waals surface area contributed by atoms with Crippen LogP contribution in [0.2, 0.25) is 0 Å². The molecule has 8 nitrogen and oxygen atoms in total. The van der Waals surface area contributed by atoms with Gasteiger partial charge in [0, 0.05) is 11.3 Å². The maximum atomic E-state index is 12.0. The Balaban J connectivity index is 2.42. The first-order chi connectivity index (χ1) is 11.8. The predicted octanol–water partition coefficient (Wildman–Crippen LogP) is 1.90. The van der Waals surface area contributed by atoms with E-state index in [4.69, 9.17) is 5.11 Å². The number of rotatable bonds is 8. The van der Waals surface area contributed by atoms with Crippen molar-refractivity contribution in [2.24, 2.45) is 5.92 Å². The van der Waals surface area contributed by atoms with Gasteiger partial charge in [-0.05, 0) is 23.9 Å². The number of amides is 1. The molecule has 0 spiro atoms. The fourth-order valence-electron chi connectivity index (χ4n) is 1.50. The highest BCUT2D eigenvalue weighted by molar-refractivity contribution is 8.13. The molecule has 0 aromatic heterocycles. The molecule has 1 rings (SSSR count). The Bertz CT molecular complexity index is 618. The van der Waals surface area contributed by atoms with Crippen LogP contribution in [0.25, 0.3) is 0 Å². The molecule has 136 valence electrons. The third-order valence-electron chi connectivity index (χ3n) is 2.86. The van der Waals surface area contributed by atoms with Gasteiger partial charge in [0.05, 0.1) is 5.92 Å². The molecule has 25 heavy (non-hydrogen) atoms. The minimum absolute atomic E-state index is 0.231. The van der Waals surface area contributed by atoms with E-state index >= 15 is 0 Å². The SMILES string of the molecule is CC(C)C(=O)OCOC(=O)SC[C@H](NC(=O)c1ccccc1)C(=O)O. The highest BCUT2D eigenvalue weighted by Crippen LogP contribution is 2.09. The molecule has 2 N–H and O–H groups in total. The monoisotopic (exact) mass is 369 g/mol. The number of carbonyl (C=O) groups excluding carboxylic acids is 3. The number of carbonyl (C=O) groups is 4. The molecule has 0 bridgehead atoms. The first-order valence-electron chi connectivity index (χ1n) is 7.36. The Labute approximate surface area is 148 Å². The van der Waals surface area contributed by atoms with Gasteiger partial charge < -0.3 is 19.9 Å². The lowest BCUT2D eigenvalue weighted by atomic mass is 10.2. The molecule has 0 aliphatic rings. The summed E-state index contributed by atoms with van der Waals surface area (Å²) in [5.74, 6) is -2.94. The summed E-state index contributed by atoms with van der Waals surface area (Å²) < 4.78 is 9.33. The van der Waals surface area contributed by atoms with Crippen molar-refractivity contribution in [1.29, 1.82) is 0 Å². The standard InChI is InChI=1S/C16H19NO7S/c1-10(2)15(21)23-9-24-16(22)25-8-12(14(19)20)17-13(18)11-6-4-3-5-7-11/h3-7,10,12H,8-9H2,1-2H3,(H,17,18)(H,19,20)/t12-/m0/s1. The summed E-state index contributed by atoms with van der Waals surface area (Å²) >= 11 is 0.562. The minimum atomic E-state index is -1.28. The van der Waals surface area contributed by atoms with Gasteiger partial charge >= 0.3 is 17.2 Å². The van der Waals surface area contributed by atoms with Crippen LogP contribution in [0.5, 0.6) is 0 Å². The van der Waals surface area contributed by atoms with Gasteiger partial charge in [-0.15, -0.1) is 0 Å². The molecule has 0 aliphatic heterocycles. The van der Waals surface area contributed by atoms with Crippen molar-refractivity contribution in [3.63, 3.8) is 0 Å². The molecule has 1 amide bonds. The molecule has 1 aromatic carbocycles. The van der Waals surface area contributed by atoms with Crippen LogP contribution < -0.4 is 5.32 Å². The van der Waals surface area contributed by atoms with E-state index in [1.165, 1.54) is 0 Å². The van der Waals surface area contributed by atoms with E-state index in [9.17, 15) is 19.2 Å². The summed E-state index contributed by atoms with van der Waals surface area (Å²) in [5.41, 5.74) is 0.307. The van der Waals surface area contributed by atoms with E-state index in [0.717, 1.165) is 0 Å².